The second kappa shape index (κ2) is 11.2. The van der Waals surface area contributed by atoms with E-state index in [1.807, 2.05) is 31.2 Å². The third-order valence-electron chi connectivity index (χ3n) is 4.96. The normalized spacial score (nSPS) is 16.2. The number of nitrogens with one attached hydrogen (secondary N) is 2. The molecule has 6 heteroatoms. The molecule has 1 aliphatic rings. The van der Waals surface area contributed by atoms with E-state index >= 15 is 0 Å². The zero-order valence-electron chi connectivity index (χ0n) is 17.8. The molecule has 0 spiro atoms. The Kier molecular flexibility index (Phi) is 8.10. The molecule has 2 N–H and O–H groups in total. The van der Waals surface area contributed by atoms with Crippen LogP contribution in [0.25, 0.3) is 0 Å². The summed E-state index contributed by atoms with van der Waals surface area (Å²) < 4.78 is 11.8. The molecular weight excluding hydrogens is 376 g/mol. The Hall–Kier alpha value is -3.04. The van der Waals surface area contributed by atoms with E-state index in [4.69, 9.17) is 14.7 Å². The Bertz CT molecular complexity index is 881. The molecule has 2 aromatic carbocycles. The molecule has 158 valence electrons. The minimum atomic E-state index is 0.192. The average molecular weight is 407 g/mol. The van der Waals surface area contributed by atoms with Gasteiger partial charge in [-0.3, -0.25) is 0 Å². The fourth-order valence-corrected chi connectivity index (χ4v) is 3.28. The van der Waals surface area contributed by atoms with Crippen molar-refractivity contribution >= 4 is 5.96 Å². The van der Waals surface area contributed by atoms with Gasteiger partial charge >= 0.3 is 0 Å². The summed E-state index contributed by atoms with van der Waals surface area (Å²) in [5.74, 6) is 1.63. The molecule has 1 unspecified atom stereocenters. The fraction of sp³-hybridized carbons (Fsp3) is 0.417. The fourth-order valence-electron chi connectivity index (χ4n) is 3.28. The molecule has 3 rings (SSSR count). The smallest absolute Gasteiger partial charge is 0.191 e. The van der Waals surface area contributed by atoms with Gasteiger partial charge in [-0.05, 0) is 56.0 Å². The first-order valence-electron chi connectivity index (χ1n) is 10.5. The van der Waals surface area contributed by atoms with Gasteiger partial charge in [0.2, 0.25) is 0 Å². The SMILES string of the molecule is CCNC(=NCc1ccc(C#N)cc1)NCc1ccc(C)cc1OCC1CCCO1. The summed E-state index contributed by atoms with van der Waals surface area (Å²) in [5.41, 5.74) is 3.97. The summed E-state index contributed by atoms with van der Waals surface area (Å²) >= 11 is 0. The molecule has 1 saturated heterocycles. The Balaban J connectivity index is 1.62. The quantitative estimate of drug-likeness (QED) is 0.516. The maximum absolute atomic E-state index is 8.92. The predicted octanol–water partition coefficient (Wildman–Crippen LogP) is 3.68. The van der Waals surface area contributed by atoms with Gasteiger partial charge < -0.3 is 20.1 Å². The van der Waals surface area contributed by atoms with Gasteiger partial charge in [-0.1, -0.05) is 24.3 Å². The van der Waals surface area contributed by atoms with Gasteiger partial charge in [0.05, 0.1) is 24.3 Å². The molecule has 1 atom stereocenters. The number of ether oxygens (including phenoxy) is 2. The summed E-state index contributed by atoms with van der Waals surface area (Å²) in [5, 5.41) is 15.6. The van der Waals surface area contributed by atoms with Crippen LogP contribution in [0.15, 0.2) is 47.5 Å². The van der Waals surface area contributed by atoms with Crippen molar-refractivity contribution in [2.75, 3.05) is 19.8 Å². The number of nitrogens with zero attached hydrogens (tertiary/aromatic N) is 2. The zero-order valence-corrected chi connectivity index (χ0v) is 17.8. The second-order valence-electron chi connectivity index (χ2n) is 7.41. The van der Waals surface area contributed by atoms with Gasteiger partial charge in [-0.2, -0.15) is 5.26 Å². The van der Waals surface area contributed by atoms with Crippen LogP contribution in [0.5, 0.6) is 5.75 Å². The third-order valence-corrected chi connectivity index (χ3v) is 4.96. The van der Waals surface area contributed by atoms with E-state index in [-0.39, 0.29) is 6.10 Å². The average Bonchev–Trinajstić information content (AvgIpc) is 3.29. The van der Waals surface area contributed by atoms with Crippen LogP contribution in [-0.2, 0) is 17.8 Å². The van der Waals surface area contributed by atoms with E-state index in [0.717, 1.165) is 48.8 Å². The van der Waals surface area contributed by atoms with E-state index in [0.29, 0.717) is 25.3 Å². The van der Waals surface area contributed by atoms with Crippen molar-refractivity contribution in [3.63, 3.8) is 0 Å². The van der Waals surface area contributed by atoms with Crippen molar-refractivity contribution < 1.29 is 9.47 Å². The highest BCUT2D eigenvalue weighted by atomic mass is 16.5. The van der Waals surface area contributed by atoms with Crippen molar-refractivity contribution in [3.05, 3.63) is 64.7 Å². The highest BCUT2D eigenvalue weighted by Gasteiger charge is 2.17. The van der Waals surface area contributed by atoms with Crippen molar-refractivity contribution in [3.8, 4) is 11.8 Å². The number of hydrogen-bond donors (Lipinski definition) is 2. The molecule has 1 heterocycles. The molecule has 0 radical (unpaired) electrons. The number of aliphatic imine (C=N–C) groups is 1. The lowest BCUT2D eigenvalue weighted by Crippen LogP contribution is -2.36. The maximum Gasteiger partial charge on any atom is 0.191 e. The molecule has 0 aliphatic carbocycles. The zero-order chi connectivity index (χ0) is 21.2. The first-order valence-corrected chi connectivity index (χ1v) is 10.5. The van der Waals surface area contributed by atoms with Crippen LogP contribution in [0.4, 0.5) is 0 Å². The lowest BCUT2D eigenvalue weighted by atomic mass is 10.1. The Morgan fingerprint density at radius 1 is 1.23 bits per heavy atom. The van der Waals surface area contributed by atoms with Gasteiger partial charge in [-0.15, -0.1) is 0 Å². The number of guanidine groups is 1. The molecule has 0 saturated carbocycles. The first-order chi connectivity index (χ1) is 14.7. The van der Waals surface area contributed by atoms with E-state index < -0.39 is 0 Å². The predicted molar refractivity (Wildman–Crippen MR) is 118 cm³/mol. The summed E-state index contributed by atoms with van der Waals surface area (Å²) in [7, 11) is 0. The molecule has 2 aromatic rings. The van der Waals surface area contributed by atoms with Gasteiger partial charge in [0.25, 0.3) is 0 Å². The summed E-state index contributed by atoms with van der Waals surface area (Å²) in [4.78, 5) is 4.66. The lowest BCUT2D eigenvalue weighted by molar-refractivity contribution is 0.0676. The Morgan fingerprint density at radius 3 is 2.77 bits per heavy atom. The number of nitriles is 1. The third kappa shape index (κ3) is 6.50. The molecule has 1 fully saturated rings. The Labute approximate surface area is 178 Å². The summed E-state index contributed by atoms with van der Waals surface area (Å²) in [6, 6.07) is 15.9. The number of benzene rings is 2. The van der Waals surface area contributed by atoms with Crippen molar-refractivity contribution in [2.45, 2.75) is 45.9 Å². The minimum Gasteiger partial charge on any atom is -0.491 e. The standard InChI is InChI=1S/C24H30N4O2/c1-3-26-24(27-15-20-9-7-19(14-25)8-10-20)28-16-21-11-6-18(2)13-23(21)30-17-22-5-4-12-29-22/h6-11,13,22H,3-5,12,15-17H2,1-2H3,(H2,26,27,28). The molecule has 0 bridgehead atoms. The molecular formula is C24H30N4O2. The molecule has 1 aliphatic heterocycles. The Morgan fingerprint density at radius 2 is 2.07 bits per heavy atom. The van der Waals surface area contributed by atoms with Crippen LogP contribution < -0.4 is 15.4 Å². The number of aryl methyl sites for hydroxylation is 1. The minimum absolute atomic E-state index is 0.192. The number of rotatable bonds is 8. The number of hydrogen-bond acceptors (Lipinski definition) is 4. The van der Waals surface area contributed by atoms with Crippen molar-refractivity contribution in [2.24, 2.45) is 4.99 Å². The highest BCUT2D eigenvalue weighted by molar-refractivity contribution is 5.79. The van der Waals surface area contributed by atoms with Crippen LogP contribution in [0.2, 0.25) is 0 Å². The van der Waals surface area contributed by atoms with E-state index in [1.165, 1.54) is 5.56 Å². The molecule has 0 aromatic heterocycles. The molecule has 6 nitrogen and oxygen atoms in total. The van der Waals surface area contributed by atoms with Gasteiger partial charge in [-0.25, -0.2) is 4.99 Å². The first kappa shape index (κ1) is 21.7. The highest BCUT2D eigenvalue weighted by Crippen LogP contribution is 2.22. The van der Waals surface area contributed by atoms with E-state index in [9.17, 15) is 0 Å². The van der Waals surface area contributed by atoms with Crippen LogP contribution >= 0.6 is 0 Å². The van der Waals surface area contributed by atoms with Crippen LogP contribution in [0.3, 0.4) is 0 Å². The lowest BCUT2D eigenvalue weighted by Gasteiger charge is -2.17. The van der Waals surface area contributed by atoms with E-state index in [1.54, 1.807) is 0 Å². The topological polar surface area (TPSA) is 78.7 Å². The van der Waals surface area contributed by atoms with Crippen LogP contribution in [0.1, 0.15) is 42.0 Å². The summed E-state index contributed by atoms with van der Waals surface area (Å²) in [6.07, 6.45) is 2.36. The van der Waals surface area contributed by atoms with Crippen LogP contribution in [-0.4, -0.2) is 31.8 Å². The van der Waals surface area contributed by atoms with Crippen molar-refractivity contribution in [1.29, 1.82) is 5.26 Å². The monoisotopic (exact) mass is 406 g/mol. The van der Waals surface area contributed by atoms with E-state index in [2.05, 4.69) is 46.8 Å². The van der Waals surface area contributed by atoms with Crippen molar-refractivity contribution in [1.82, 2.24) is 10.6 Å². The largest absolute Gasteiger partial charge is 0.491 e. The van der Waals surface area contributed by atoms with Gasteiger partial charge in [0.15, 0.2) is 5.96 Å². The van der Waals surface area contributed by atoms with Gasteiger partial charge in [0.1, 0.15) is 12.4 Å². The van der Waals surface area contributed by atoms with Gasteiger partial charge in [0, 0.05) is 25.3 Å². The van der Waals surface area contributed by atoms with Crippen LogP contribution in [0, 0.1) is 18.3 Å². The maximum atomic E-state index is 8.92. The second-order valence-corrected chi connectivity index (χ2v) is 7.41. The molecule has 0 amide bonds. The summed E-state index contributed by atoms with van der Waals surface area (Å²) in [6.45, 7) is 7.45. The molecule has 30 heavy (non-hydrogen) atoms.